The van der Waals surface area contributed by atoms with E-state index in [4.69, 9.17) is 0 Å². The number of H-pyrrole nitrogens is 1. The number of nitrogens with zero attached hydrogens (tertiary/aromatic N) is 1. The monoisotopic (exact) mass is 294 g/mol. The second-order valence-electron chi connectivity index (χ2n) is 3.97. The first-order valence-electron chi connectivity index (χ1n) is 5.22. The second kappa shape index (κ2) is 4.75. The molecule has 1 atom stereocenters. The van der Waals surface area contributed by atoms with E-state index in [0.29, 0.717) is 12.2 Å². The summed E-state index contributed by atoms with van der Waals surface area (Å²) in [5, 5.41) is 0. The molecule has 0 bridgehead atoms. The second-order valence-corrected chi connectivity index (χ2v) is 8.19. The Bertz CT molecular complexity index is 560. The van der Waals surface area contributed by atoms with Gasteiger partial charge in [-0.3, -0.25) is 4.79 Å². The summed E-state index contributed by atoms with van der Waals surface area (Å²) in [4.78, 5) is 13.4. The number of thioether (sulfide) groups is 1. The van der Waals surface area contributed by atoms with Crippen LogP contribution in [0.4, 0.5) is 0 Å². The molecule has 1 aliphatic rings. The summed E-state index contributed by atoms with van der Waals surface area (Å²) in [7, 11) is -3.51. The van der Waals surface area contributed by atoms with Gasteiger partial charge in [-0.1, -0.05) is 11.3 Å². The van der Waals surface area contributed by atoms with Crippen LogP contribution in [0.15, 0.2) is 9.00 Å². The maximum absolute atomic E-state index is 12.4. The lowest BCUT2D eigenvalue weighted by atomic mass is 10.4. The average Bonchev–Trinajstić information content (AvgIpc) is 2.59. The summed E-state index contributed by atoms with van der Waals surface area (Å²) >= 11 is 2.52. The van der Waals surface area contributed by atoms with Crippen molar-refractivity contribution in [3.05, 3.63) is 15.4 Å². The van der Waals surface area contributed by atoms with Crippen molar-refractivity contribution in [2.24, 2.45) is 0 Å². The summed E-state index contributed by atoms with van der Waals surface area (Å²) in [6.07, 6.45) is 0. The molecule has 8 heteroatoms. The van der Waals surface area contributed by atoms with Crippen molar-refractivity contribution in [1.82, 2.24) is 9.29 Å². The number of thiazole rings is 1. The summed E-state index contributed by atoms with van der Waals surface area (Å²) in [5.74, 6) is 1.61. The minimum Gasteiger partial charge on any atom is -0.315 e. The van der Waals surface area contributed by atoms with Crippen LogP contribution in [0.5, 0.6) is 0 Å². The number of aromatic amines is 1. The number of hydrogen-bond donors (Lipinski definition) is 1. The van der Waals surface area contributed by atoms with Gasteiger partial charge in [0.15, 0.2) is 4.21 Å². The minimum atomic E-state index is -3.51. The number of aryl methyl sites for hydroxylation is 1. The van der Waals surface area contributed by atoms with Crippen LogP contribution in [0.25, 0.3) is 0 Å². The minimum absolute atomic E-state index is 0.0182. The zero-order chi connectivity index (χ0) is 12.6. The van der Waals surface area contributed by atoms with Gasteiger partial charge in [0.2, 0.25) is 0 Å². The van der Waals surface area contributed by atoms with E-state index in [-0.39, 0.29) is 15.1 Å². The maximum Gasteiger partial charge on any atom is 0.305 e. The van der Waals surface area contributed by atoms with Gasteiger partial charge >= 0.3 is 4.87 Å². The molecule has 0 aromatic carbocycles. The van der Waals surface area contributed by atoms with Gasteiger partial charge in [0.25, 0.3) is 10.0 Å². The Morgan fingerprint density at radius 1 is 1.47 bits per heavy atom. The first kappa shape index (κ1) is 13.1. The lowest BCUT2D eigenvalue weighted by Crippen LogP contribution is -2.44. The fraction of sp³-hybridized carbons (Fsp3) is 0.667. The van der Waals surface area contributed by atoms with Gasteiger partial charge in [-0.15, -0.1) is 0 Å². The molecule has 0 amide bonds. The van der Waals surface area contributed by atoms with Crippen LogP contribution >= 0.6 is 23.1 Å². The summed E-state index contributed by atoms with van der Waals surface area (Å²) in [5.41, 5.74) is 0.436. The fourth-order valence-electron chi connectivity index (χ4n) is 1.81. The number of rotatable bonds is 2. The normalized spacial score (nSPS) is 22.8. The standard InChI is InChI=1S/C9H14N2O3S3/c1-6-5-15-4-3-11(6)17(13,14)8-7(2)10-9(12)16-8/h6H,3-5H2,1-2H3,(H,10,12). The first-order valence-corrected chi connectivity index (χ1v) is 8.63. The van der Waals surface area contributed by atoms with Crippen LogP contribution < -0.4 is 4.87 Å². The number of nitrogens with one attached hydrogen (secondary N) is 1. The summed E-state index contributed by atoms with van der Waals surface area (Å²) < 4.78 is 26.4. The third-order valence-corrected chi connectivity index (χ3v) is 7.42. The molecule has 1 unspecified atom stereocenters. The molecule has 0 aliphatic carbocycles. The van der Waals surface area contributed by atoms with E-state index in [1.165, 1.54) is 4.31 Å². The maximum atomic E-state index is 12.4. The van der Waals surface area contributed by atoms with Crippen LogP contribution in [0.3, 0.4) is 0 Å². The van der Waals surface area contributed by atoms with Crippen molar-refractivity contribution >= 4 is 33.1 Å². The third-order valence-electron chi connectivity index (χ3n) is 2.63. The quantitative estimate of drug-likeness (QED) is 0.878. The summed E-state index contributed by atoms with van der Waals surface area (Å²) in [6, 6.07) is -0.0182. The van der Waals surface area contributed by atoms with Crippen molar-refractivity contribution in [2.45, 2.75) is 24.1 Å². The highest BCUT2D eigenvalue weighted by Crippen LogP contribution is 2.26. The van der Waals surface area contributed by atoms with Crippen LogP contribution in [0.1, 0.15) is 12.6 Å². The number of hydrogen-bond acceptors (Lipinski definition) is 5. The molecular weight excluding hydrogens is 280 g/mol. The average molecular weight is 294 g/mol. The summed E-state index contributed by atoms with van der Waals surface area (Å²) in [6.45, 7) is 4.03. The van der Waals surface area contributed by atoms with Crippen LogP contribution in [-0.4, -0.2) is 41.8 Å². The molecule has 0 saturated carbocycles. The Hall–Kier alpha value is -0.310. The van der Waals surface area contributed by atoms with E-state index in [0.717, 1.165) is 22.8 Å². The molecule has 1 aromatic rings. The smallest absolute Gasteiger partial charge is 0.305 e. The molecule has 0 spiro atoms. The molecule has 5 nitrogen and oxygen atoms in total. The molecule has 1 aromatic heterocycles. The van der Waals surface area contributed by atoms with E-state index in [9.17, 15) is 13.2 Å². The van der Waals surface area contributed by atoms with E-state index in [1.807, 2.05) is 6.92 Å². The molecule has 2 heterocycles. The molecule has 1 N–H and O–H groups in total. The highest BCUT2D eigenvalue weighted by Gasteiger charge is 2.33. The molecule has 17 heavy (non-hydrogen) atoms. The zero-order valence-electron chi connectivity index (χ0n) is 9.60. The molecule has 96 valence electrons. The van der Waals surface area contributed by atoms with Gasteiger partial charge in [-0.05, 0) is 13.8 Å². The van der Waals surface area contributed by atoms with Gasteiger partial charge in [0.1, 0.15) is 0 Å². The Balaban J connectivity index is 2.42. The SMILES string of the molecule is Cc1[nH]c(=O)sc1S(=O)(=O)N1CCSCC1C. The van der Waals surface area contributed by atoms with Crippen molar-refractivity contribution in [1.29, 1.82) is 0 Å². The highest BCUT2D eigenvalue weighted by atomic mass is 32.2. The lowest BCUT2D eigenvalue weighted by molar-refractivity contribution is 0.368. The van der Waals surface area contributed by atoms with Crippen LogP contribution in [0.2, 0.25) is 0 Å². The predicted octanol–water partition coefficient (Wildman–Crippen LogP) is 0.871. The van der Waals surface area contributed by atoms with Crippen LogP contribution in [0, 0.1) is 6.92 Å². The molecular formula is C9H14N2O3S3. The first-order chi connectivity index (χ1) is 7.93. The largest absolute Gasteiger partial charge is 0.315 e. The molecule has 1 fully saturated rings. The Labute approximate surface area is 108 Å². The van der Waals surface area contributed by atoms with Gasteiger partial charge in [0.05, 0.1) is 0 Å². The van der Waals surface area contributed by atoms with Crippen molar-refractivity contribution in [3.8, 4) is 0 Å². The van der Waals surface area contributed by atoms with Crippen molar-refractivity contribution in [2.75, 3.05) is 18.1 Å². The Morgan fingerprint density at radius 3 is 2.71 bits per heavy atom. The van der Waals surface area contributed by atoms with Crippen LogP contribution in [-0.2, 0) is 10.0 Å². The van der Waals surface area contributed by atoms with Crippen molar-refractivity contribution < 1.29 is 8.42 Å². The number of aromatic nitrogens is 1. The van der Waals surface area contributed by atoms with Gasteiger partial charge in [-0.25, -0.2) is 8.42 Å². The van der Waals surface area contributed by atoms with Gasteiger partial charge < -0.3 is 4.98 Å². The van der Waals surface area contributed by atoms with E-state index in [2.05, 4.69) is 4.98 Å². The molecule has 1 aliphatic heterocycles. The predicted molar refractivity (Wildman–Crippen MR) is 70.4 cm³/mol. The van der Waals surface area contributed by atoms with Crippen molar-refractivity contribution in [3.63, 3.8) is 0 Å². The van der Waals surface area contributed by atoms with Gasteiger partial charge in [-0.2, -0.15) is 16.1 Å². The van der Waals surface area contributed by atoms with E-state index < -0.39 is 10.0 Å². The number of sulfonamides is 1. The van der Waals surface area contributed by atoms with E-state index in [1.54, 1.807) is 18.7 Å². The van der Waals surface area contributed by atoms with E-state index >= 15 is 0 Å². The zero-order valence-corrected chi connectivity index (χ0v) is 12.0. The topological polar surface area (TPSA) is 70.2 Å². The van der Waals surface area contributed by atoms with Gasteiger partial charge in [0, 0.05) is 29.8 Å². The lowest BCUT2D eigenvalue weighted by Gasteiger charge is -2.31. The highest BCUT2D eigenvalue weighted by molar-refractivity contribution is 7.99. The fourth-order valence-corrected chi connectivity index (χ4v) is 6.08. The molecule has 1 saturated heterocycles. The third kappa shape index (κ3) is 2.44. The Morgan fingerprint density at radius 2 is 2.18 bits per heavy atom. The molecule has 2 rings (SSSR count). The molecule has 0 radical (unpaired) electrons. The Kier molecular flexibility index (Phi) is 3.67.